The number of carboxylic acid groups (broad SMARTS) is 1. The van der Waals surface area contributed by atoms with Crippen molar-refractivity contribution in [2.24, 2.45) is 5.92 Å². The van der Waals surface area contributed by atoms with Crippen LogP contribution in [0.2, 0.25) is 0 Å². The number of hydrogen-bond donors (Lipinski definition) is 2. The van der Waals surface area contributed by atoms with Crippen LogP contribution in [0.25, 0.3) is 6.08 Å². The number of phenolic OH excluding ortho intramolecular Hbond substituents is 1. The Morgan fingerprint density at radius 2 is 1.93 bits per heavy atom. The third-order valence-corrected chi connectivity index (χ3v) is 6.12. The summed E-state index contributed by atoms with van der Waals surface area (Å²) in [6, 6.07) is 0. The number of fused-ring (bicyclic) bond motifs is 3. The quantitative estimate of drug-likeness (QED) is 0.585. The van der Waals surface area contributed by atoms with Gasteiger partial charge in [0.05, 0.1) is 17.9 Å². The van der Waals surface area contributed by atoms with Crippen LogP contribution >= 0.6 is 0 Å². The number of phenols is 1. The van der Waals surface area contributed by atoms with Crippen molar-refractivity contribution in [2.45, 2.75) is 84.3 Å². The maximum absolute atomic E-state index is 13.1. The van der Waals surface area contributed by atoms with Crippen molar-refractivity contribution in [3.8, 4) is 17.2 Å². The third kappa shape index (κ3) is 4.05. The Balaban J connectivity index is 2.25. The van der Waals surface area contributed by atoms with Crippen molar-refractivity contribution < 1.29 is 29.3 Å². The van der Waals surface area contributed by atoms with Gasteiger partial charge in [-0.1, -0.05) is 33.1 Å². The van der Waals surface area contributed by atoms with E-state index in [4.69, 9.17) is 9.47 Å². The van der Waals surface area contributed by atoms with Crippen LogP contribution in [0.1, 0.15) is 94.1 Å². The highest BCUT2D eigenvalue weighted by atomic mass is 16.5. The fourth-order valence-corrected chi connectivity index (χ4v) is 4.23. The molecule has 164 valence electrons. The van der Waals surface area contributed by atoms with Crippen LogP contribution in [0.15, 0.2) is 6.08 Å². The first kappa shape index (κ1) is 22.2. The van der Waals surface area contributed by atoms with Gasteiger partial charge in [0, 0.05) is 11.5 Å². The number of aliphatic carboxylic acids is 1. The smallest absolute Gasteiger partial charge is 0.303 e. The summed E-state index contributed by atoms with van der Waals surface area (Å²) in [5, 5.41) is 20.8. The second kappa shape index (κ2) is 8.32. The molecule has 0 saturated carbocycles. The van der Waals surface area contributed by atoms with Gasteiger partial charge >= 0.3 is 5.97 Å². The van der Waals surface area contributed by atoms with Gasteiger partial charge in [0.2, 0.25) is 0 Å². The van der Waals surface area contributed by atoms with E-state index in [9.17, 15) is 19.8 Å². The zero-order valence-corrected chi connectivity index (χ0v) is 18.4. The van der Waals surface area contributed by atoms with Gasteiger partial charge in [-0.15, -0.1) is 0 Å². The van der Waals surface area contributed by atoms with E-state index in [-0.39, 0.29) is 29.6 Å². The highest BCUT2D eigenvalue weighted by Gasteiger charge is 2.41. The molecule has 2 N–H and O–H groups in total. The first-order valence-corrected chi connectivity index (χ1v) is 10.8. The van der Waals surface area contributed by atoms with Crippen molar-refractivity contribution in [3.63, 3.8) is 0 Å². The number of carbonyl (C=O) groups excluding carboxylic acids is 1. The molecular weight excluding hydrogens is 384 g/mol. The largest absolute Gasteiger partial charge is 0.507 e. The Bertz CT molecular complexity index is 882. The molecule has 0 bridgehead atoms. The van der Waals surface area contributed by atoms with E-state index in [1.807, 2.05) is 32.9 Å². The summed E-state index contributed by atoms with van der Waals surface area (Å²) in [5.41, 5.74) is 0.540. The molecular formula is C24H32O6. The van der Waals surface area contributed by atoms with Gasteiger partial charge in [-0.25, -0.2) is 0 Å². The molecule has 0 aliphatic carbocycles. The molecule has 0 aromatic heterocycles. The number of aromatic hydroxyl groups is 1. The Morgan fingerprint density at radius 3 is 2.57 bits per heavy atom. The van der Waals surface area contributed by atoms with Crippen molar-refractivity contribution in [1.82, 2.24) is 0 Å². The maximum Gasteiger partial charge on any atom is 0.303 e. The minimum atomic E-state index is -0.947. The molecule has 30 heavy (non-hydrogen) atoms. The van der Waals surface area contributed by atoms with Crippen molar-refractivity contribution in [1.29, 1.82) is 0 Å². The van der Waals surface area contributed by atoms with Crippen LogP contribution in [0.3, 0.4) is 0 Å². The molecule has 6 heteroatoms. The Morgan fingerprint density at radius 1 is 1.23 bits per heavy atom. The molecule has 3 atom stereocenters. The second-order valence-electron chi connectivity index (χ2n) is 9.01. The molecule has 2 aliphatic heterocycles. The molecule has 1 aromatic carbocycles. The third-order valence-electron chi connectivity index (χ3n) is 6.12. The number of Topliss-reactive ketones (excluding diaryl/α,β-unsaturated/α-hetero) is 1. The maximum atomic E-state index is 13.1. The first-order chi connectivity index (χ1) is 14.1. The van der Waals surface area contributed by atoms with Gasteiger partial charge in [-0.05, 0) is 39.3 Å². The number of benzene rings is 1. The topological polar surface area (TPSA) is 93.1 Å². The predicted molar refractivity (Wildman–Crippen MR) is 115 cm³/mol. The van der Waals surface area contributed by atoms with Crippen LogP contribution in [-0.2, 0) is 4.79 Å². The number of ketones is 1. The lowest BCUT2D eigenvalue weighted by atomic mass is 9.81. The van der Waals surface area contributed by atoms with E-state index >= 15 is 0 Å². The molecule has 0 amide bonds. The van der Waals surface area contributed by atoms with Gasteiger partial charge in [0.15, 0.2) is 5.78 Å². The van der Waals surface area contributed by atoms with E-state index in [0.29, 0.717) is 29.0 Å². The summed E-state index contributed by atoms with van der Waals surface area (Å²) in [6.07, 6.45) is 6.66. The summed E-state index contributed by atoms with van der Waals surface area (Å²) in [5.74, 6) is -1.44. The molecule has 0 saturated heterocycles. The summed E-state index contributed by atoms with van der Waals surface area (Å²) < 4.78 is 12.3. The molecule has 0 fully saturated rings. The summed E-state index contributed by atoms with van der Waals surface area (Å²) in [7, 11) is 0. The van der Waals surface area contributed by atoms with Crippen LogP contribution in [-0.4, -0.2) is 33.7 Å². The predicted octanol–water partition coefficient (Wildman–Crippen LogP) is 5.31. The lowest BCUT2D eigenvalue weighted by Gasteiger charge is -2.36. The minimum absolute atomic E-state index is 0.142. The Labute approximate surface area is 177 Å². The average molecular weight is 417 g/mol. The van der Waals surface area contributed by atoms with Crippen molar-refractivity contribution >= 4 is 17.8 Å². The molecule has 2 heterocycles. The van der Waals surface area contributed by atoms with E-state index in [1.165, 1.54) is 0 Å². The van der Waals surface area contributed by atoms with Gasteiger partial charge in [0.1, 0.15) is 34.5 Å². The van der Waals surface area contributed by atoms with Gasteiger partial charge in [-0.2, -0.15) is 0 Å². The van der Waals surface area contributed by atoms with Crippen molar-refractivity contribution in [2.75, 3.05) is 0 Å². The van der Waals surface area contributed by atoms with Crippen LogP contribution < -0.4 is 9.47 Å². The first-order valence-electron chi connectivity index (χ1n) is 10.8. The fraction of sp³-hybridized carbons (Fsp3) is 0.583. The Hall–Kier alpha value is -2.50. The molecule has 2 aliphatic rings. The Kier molecular flexibility index (Phi) is 6.16. The number of carbonyl (C=O) groups is 2. The van der Waals surface area contributed by atoms with Gasteiger partial charge < -0.3 is 19.7 Å². The number of hydrogen-bond acceptors (Lipinski definition) is 5. The molecule has 1 aromatic rings. The minimum Gasteiger partial charge on any atom is -0.507 e. The van der Waals surface area contributed by atoms with E-state index in [0.717, 1.165) is 19.3 Å². The molecule has 0 radical (unpaired) electrons. The highest BCUT2D eigenvalue weighted by molar-refractivity contribution is 6.06. The number of ether oxygens (including phenoxy) is 2. The molecule has 6 nitrogen and oxygen atoms in total. The van der Waals surface area contributed by atoms with Crippen LogP contribution in [0, 0.1) is 5.92 Å². The van der Waals surface area contributed by atoms with Crippen molar-refractivity contribution in [3.05, 3.63) is 22.8 Å². The summed E-state index contributed by atoms with van der Waals surface area (Å²) in [6.45, 7) is 9.48. The van der Waals surface area contributed by atoms with Crippen LogP contribution in [0.4, 0.5) is 0 Å². The summed E-state index contributed by atoms with van der Waals surface area (Å²) in [4.78, 5) is 24.7. The lowest BCUT2D eigenvalue weighted by Crippen LogP contribution is -2.35. The summed E-state index contributed by atoms with van der Waals surface area (Å²) >= 11 is 0. The number of rotatable bonds is 7. The number of carboxylic acids is 1. The van der Waals surface area contributed by atoms with E-state index < -0.39 is 23.4 Å². The average Bonchev–Trinajstić information content (AvgIpc) is 2.64. The monoisotopic (exact) mass is 416 g/mol. The van der Waals surface area contributed by atoms with Gasteiger partial charge in [0.25, 0.3) is 0 Å². The standard InChI is InChI=1S/C24H32O6/c1-6-7-8-9-15(12-17(25)26)18-21(28)19-20(27)13(2)14(3)29-22(19)16-10-11-24(4,5)30-23(16)18/h10-11,13-15,28H,6-9,12H2,1-5H3,(H,25,26)/t13-,14+,15?/m0/s1. The zero-order chi connectivity index (χ0) is 22.2. The van der Waals surface area contributed by atoms with E-state index in [1.54, 1.807) is 6.92 Å². The van der Waals surface area contributed by atoms with Crippen LogP contribution in [0.5, 0.6) is 17.2 Å². The SMILES string of the molecule is CCCCCC(CC(=O)O)c1c(O)c2c(c3c1OC(C)(C)C=C3)O[C@H](C)[C@H](C)C2=O. The normalized spacial score (nSPS) is 22.5. The zero-order valence-electron chi connectivity index (χ0n) is 18.4. The molecule has 3 rings (SSSR count). The second-order valence-corrected chi connectivity index (χ2v) is 9.01. The van der Waals surface area contributed by atoms with E-state index in [2.05, 4.69) is 6.92 Å². The fourth-order valence-electron chi connectivity index (χ4n) is 4.23. The highest BCUT2D eigenvalue weighted by Crippen LogP contribution is 2.53. The molecule has 0 spiro atoms. The lowest BCUT2D eigenvalue weighted by molar-refractivity contribution is -0.137. The van der Waals surface area contributed by atoms with Gasteiger partial charge in [-0.3, -0.25) is 9.59 Å². The molecule has 1 unspecified atom stereocenters. The number of unbranched alkanes of at least 4 members (excludes halogenated alkanes) is 2.